The number of nitrogens with zero attached hydrogens (tertiary/aromatic N) is 1. The van der Waals surface area contributed by atoms with Gasteiger partial charge in [0, 0.05) is 25.5 Å². The second-order valence-corrected chi connectivity index (χ2v) is 6.44. The Morgan fingerprint density at radius 1 is 0.840 bits per heavy atom. The molecule has 25 heavy (non-hydrogen) atoms. The molecule has 0 fully saturated rings. The third kappa shape index (κ3) is 5.20. The van der Waals surface area contributed by atoms with Crippen LogP contribution in [0.2, 0.25) is 10.0 Å². The number of hydrogen-bond acceptors (Lipinski definition) is 3. The first kappa shape index (κ1) is 17.7. The highest BCUT2D eigenvalue weighted by atomic mass is 35.5. The molecule has 0 aliphatic heterocycles. The van der Waals surface area contributed by atoms with Crippen molar-refractivity contribution in [3.05, 3.63) is 93.7 Å². The number of nitrogens with one attached hydrogen (secondary N) is 1. The van der Waals surface area contributed by atoms with Crippen LogP contribution in [0.4, 0.5) is 0 Å². The number of hydrogen-bond donors (Lipinski definition) is 1. The molecule has 0 bridgehead atoms. The Morgan fingerprint density at radius 2 is 1.52 bits per heavy atom. The van der Waals surface area contributed by atoms with Crippen molar-refractivity contribution in [2.75, 3.05) is 0 Å². The van der Waals surface area contributed by atoms with Gasteiger partial charge in [-0.1, -0.05) is 59.6 Å². The Morgan fingerprint density at radius 3 is 2.20 bits per heavy atom. The summed E-state index contributed by atoms with van der Waals surface area (Å²) < 4.78 is 5.79. The van der Waals surface area contributed by atoms with Crippen molar-refractivity contribution in [1.82, 2.24) is 10.3 Å². The molecule has 3 aromatic rings. The fourth-order valence-corrected chi connectivity index (χ4v) is 3.08. The molecule has 0 amide bonds. The summed E-state index contributed by atoms with van der Waals surface area (Å²) in [6.07, 6.45) is 3.60. The average Bonchev–Trinajstić information content (AvgIpc) is 2.63. The summed E-state index contributed by atoms with van der Waals surface area (Å²) in [4.78, 5) is 4.10. The van der Waals surface area contributed by atoms with Crippen LogP contribution in [-0.4, -0.2) is 4.98 Å². The molecule has 2 aromatic carbocycles. The van der Waals surface area contributed by atoms with Gasteiger partial charge < -0.3 is 10.1 Å². The van der Waals surface area contributed by atoms with Crippen LogP contribution >= 0.6 is 23.2 Å². The van der Waals surface area contributed by atoms with Crippen molar-refractivity contribution in [2.24, 2.45) is 0 Å². The van der Waals surface area contributed by atoms with E-state index in [1.165, 1.54) is 0 Å². The Kier molecular flexibility index (Phi) is 6.29. The van der Waals surface area contributed by atoms with Gasteiger partial charge in [-0.3, -0.25) is 4.98 Å². The standard InChI is InChI=1S/C20H18Cl2N2O/c21-18-9-17(13-24-12-16-7-4-8-23-11-16)10-19(22)20(18)25-14-15-5-2-1-3-6-15/h1-11,24H,12-14H2. The monoisotopic (exact) mass is 372 g/mol. The Hall–Kier alpha value is -2.07. The Balaban J connectivity index is 1.59. The van der Waals surface area contributed by atoms with Gasteiger partial charge in [-0.2, -0.15) is 0 Å². The van der Waals surface area contributed by atoms with Gasteiger partial charge in [-0.05, 0) is 34.9 Å². The van der Waals surface area contributed by atoms with Crippen LogP contribution in [-0.2, 0) is 19.7 Å². The maximum absolute atomic E-state index is 6.35. The Bertz CT molecular complexity index is 787. The van der Waals surface area contributed by atoms with Crippen LogP contribution in [0.1, 0.15) is 16.7 Å². The second kappa shape index (κ2) is 8.86. The third-order valence-electron chi connectivity index (χ3n) is 3.67. The highest BCUT2D eigenvalue weighted by Crippen LogP contribution is 2.34. The molecule has 128 valence electrons. The molecular weight excluding hydrogens is 355 g/mol. The van der Waals surface area contributed by atoms with E-state index in [2.05, 4.69) is 10.3 Å². The third-order valence-corrected chi connectivity index (χ3v) is 4.23. The highest BCUT2D eigenvalue weighted by molar-refractivity contribution is 6.37. The molecule has 0 atom stereocenters. The first-order valence-electron chi connectivity index (χ1n) is 7.96. The van der Waals surface area contributed by atoms with Crippen molar-refractivity contribution >= 4 is 23.2 Å². The van der Waals surface area contributed by atoms with E-state index in [-0.39, 0.29) is 0 Å². The van der Waals surface area contributed by atoms with Crippen molar-refractivity contribution < 1.29 is 4.74 Å². The topological polar surface area (TPSA) is 34.2 Å². The number of ether oxygens (including phenoxy) is 1. The van der Waals surface area contributed by atoms with E-state index in [9.17, 15) is 0 Å². The number of rotatable bonds is 7. The van der Waals surface area contributed by atoms with E-state index in [4.69, 9.17) is 27.9 Å². The minimum atomic E-state index is 0.429. The van der Waals surface area contributed by atoms with Gasteiger partial charge in [0.05, 0.1) is 10.0 Å². The number of pyridine rings is 1. The van der Waals surface area contributed by atoms with Crippen molar-refractivity contribution in [1.29, 1.82) is 0 Å². The van der Waals surface area contributed by atoms with Crippen molar-refractivity contribution in [3.63, 3.8) is 0 Å². The normalized spacial score (nSPS) is 10.6. The molecule has 0 unspecified atom stereocenters. The van der Waals surface area contributed by atoms with Crippen LogP contribution in [0.25, 0.3) is 0 Å². The van der Waals surface area contributed by atoms with Gasteiger partial charge in [0.2, 0.25) is 0 Å². The molecule has 1 heterocycles. The van der Waals surface area contributed by atoms with Gasteiger partial charge in [-0.25, -0.2) is 0 Å². The minimum absolute atomic E-state index is 0.429. The zero-order chi connectivity index (χ0) is 17.5. The largest absolute Gasteiger partial charge is 0.486 e. The molecule has 3 nitrogen and oxygen atoms in total. The maximum atomic E-state index is 6.35. The molecule has 5 heteroatoms. The number of halogens is 2. The van der Waals surface area contributed by atoms with Crippen LogP contribution in [0, 0.1) is 0 Å². The number of aromatic nitrogens is 1. The fraction of sp³-hybridized carbons (Fsp3) is 0.150. The molecular formula is C20H18Cl2N2O. The second-order valence-electron chi connectivity index (χ2n) is 5.63. The lowest BCUT2D eigenvalue weighted by Crippen LogP contribution is -2.12. The predicted molar refractivity (Wildman–Crippen MR) is 102 cm³/mol. The summed E-state index contributed by atoms with van der Waals surface area (Å²) in [6, 6.07) is 17.6. The SMILES string of the molecule is Clc1cc(CNCc2cccnc2)cc(Cl)c1OCc1ccccc1. The maximum Gasteiger partial charge on any atom is 0.156 e. The molecule has 0 saturated carbocycles. The van der Waals surface area contributed by atoms with E-state index in [0.717, 1.165) is 23.2 Å². The predicted octanol–water partition coefficient (Wildman–Crippen LogP) is 5.26. The van der Waals surface area contributed by atoms with Crippen molar-refractivity contribution in [2.45, 2.75) is 19.7 Å². The first-order chi connectivity index (χ1) is 12.2. The summed E-state index contributed by atoms with van der Waals surface area (Å²) in [6.45, 7) is 1.82. The van der Waals surface area contributed by atoms with E-state index >= 15 is 0 Å². The molecule has 1 N–H and O–H groups in total. The molecule has 1 aromatic heterocycles. The van der Waals surface area contributed by atoms with Gasteiger partial charge in [0.25, 0.3) is 0 Å². The first-order valence-corrected chi connectivity index (χ1v) is 8.72. The van der Waals surface area contributed by atoms with Gasteiger partial charge >= 0.3 is 0 Å². The quantitative estimate of drug-likeness (QED) is 0.614. The lowest BCUT2D eigenvalue weighted by molar-refractivity contribution is 0.306. The van der Waals surface area contributed by atoms with Gasteiger partial charge in [-0.15, -0.1) is 0 Å². The lowest BCUT2D eigenvalue weighted by atomic mass is 10.2. The minimum Gasteiger partial charge on any atom is -0.486 e. The molecule has 0 aliphatic rings. The van der Waals surface area contributed by atoms with Gasteiger partial charge in [0.1, 0.15) is 6.61 Å². The highest BCUT2D eigenvalue weighted by Gasteiger charge is 2.10. The summed E-state index contributed by atoms with van der Waals surface area (Å²) in [5.74, 6) is 0.517. The summed E-state index contributed by atoms with van der Waals surface area (Å²) in [5, 5.41) is 4.38. The van der Waals surface area contributed by atoms with E-state index in [0.29, 0.717) is 28.9 Å². The molecule has 0 aliphatic carbocycles. The van der Waals surface area contributed by atoms with Crippen LogP contribution in [0.5, 0.6) is 5.75 Å². The fourth-order valence-electron chi connectivity index (χ4n) is 2.44. The Labute approximate surface area is 157 Å². The van der Waals surface area contributed by atoms with Crippen molar-refractivity contribution in [3.8, 4) is 5.75 Å². The average molecular weight is 373 g/mol. The van der Waals surface area contributed by atoms with Crippen LogP contribution in [0.3, 0.4) is 0 Å². The van der Waals surface area contributed by atoms with E-state index < -0.39 is 0 Å². The smallest absolute Gasteiger partial charge is 0.156 e. The summed E-state index contributed by atoms with van der Waals surface area (Å²) >= 11 is 12.7. The molecule has 0 saturated heterocycles. The zero-order valence-electron chi connectivity index (χ0n) is 13.6. The van der Waals surface area contributed by atoms with Crippen LogP contribution < -0.4 is 10.1 Å². The lowest BCUT2D eigenvalue weighted by Gasteiger charge is -2.12. The molecule has 0 spiro atoms. The van der Waals surface area contributed by atoms with Crippen LogP contribution in [0.15, 0.2) is 67.0 Å². The van der Waals surface area contributed by atoms with E-state index in [1.54, 1.807) is 6.20 Å². The van der Waals surface area contributed by atoms with E-state index in [1.807, 2.05) is 60.8 Å². The zero-order valence-corrected chi connectivity index (χ0v) is 15.1. The number of benzene rings is 2. The summed E-state index contributed by atoms with van der Waals surface area (Å²) in [7, 11) is 0. The molecule has 3 rings (SSSR count). The molecule has 0 radical (unpaired) electrons. The summed E-state index contributed by atoms with van der Waals surface area (Å²) in [5.41, 5.74) is 3.20. The van der Waals surface area contributed by atoms with Gasteiger partial charge in [0.15, 0.2) is 5.75 Å².